The van der Waals surface area contributed by atoms with E-state index in [1.165, 1.54) is 0 Å². The Morgan fingerprint density at radius 1 is 1.13 bits per heavy atom. The number of hydrogen-bond acceptors (Lipinski definition) is 4. The molecule has 0 saturated heterocycles. The van der Waals surface area contributed by atoms with Crippen molar-refractivity contribution in [3.63, 3.8) is 0 Å². The van der Waals surface area contributed by atoms with E-state index < -0.39 is 10.0 Å². The van der Waals surface area contributed by atoms with Crippen molar-refractivity contribution in [3.05, 3.63) is 58.8 Å². The molecule has 0 atom stereocenters. The second-order valence-electron chi connectivity index (χ2n) is 8.98. The van der Waals surface area contributed by atoms with Gasteiger partial charge in [-0.3, -0.25) is 4.79 Å². The summed E-state index contributed by atoms with van der Waals surface area (Å²) in [5, 5.41) is 0.804. The number of aromatic amines is 1. The number of nitrogens with one attached hydrogen (secondary N) is 2. The molecule has 6 nitrogen and oxygen atoms in total. The second-order valence-corrected chi connectivity index (χ2v) is 10.7. The van der Waals surface area contributed by atoms with Crippen molar-refractivity contribution in [3.8, 4) is 5.75 Å². The first-order valence-electron chi connectivity index (χ1n) is 10.5. The van der Waals surface area contributed by atoms with Gasteiger partial charge in [0.05, 0.1) is 11.5 Å². The topological polar surface area (TPSA) is 88.3 Å². The average Bonchev–Trinajstić information content (AvgIpc) is 3.03. The Bertz CT molecular complexity index is 1250. The van der Waals surface area contributed by atoms with E-state index in [-0.39, 0.29) is 22.6 Å². The Balaban J connectivity index is 1.62. The van der Waals surface area contributed by atoms with Crippen molar-refractivity contribution in [2.45, 2.75) is 52.0 Å². The lowest BCUT2D eigenvalue weighted by molar-refractivity contribution is 0.0913. The molecule has 0 bridgehead atoms. The predicted molar refractivity (Wildman–Crippen MR) is 121 cm³/mol. The van der Waals surface area contributed by atoms with Crippen LogP contribution in [-0.4, -0.2) is 25.8 Å². The van der Waals surface area contributed by atoms with Gasteiger partial charge in [-0.15, -0.1) is 0 Å². The van der Waals surface area contributed by atoms with Gasteiger partial charge in [-0.25, -0.2) is 13.1 Å². The molecule has 31 heavy (non-hydrogen) atoms. The fraction of sp³-hybridized carbons (Fsp3) is 0.375. The van der Waals surface area contributed by atoms with E-state index in [0.717, 1.165) is 28.8 Å². The largest absolute Gasteiger partial charge is 0.494 e. The first kappa shape index (κ1) is 21.6. The number of rotatable bonds is 6. The maximum Gasteiger partial charge on any atom is 0.241 e. The van der Waals surface area contributed by atoms with Crippen LogP contribution in [0.1, 0.15) is 54.4 Å². The van der Waals surface area contributed by atoms with Crippen LogP contribution >= 0.6 is 0 Å². The van der Waals surface area contributed by atoms with Crippen LogP contribution in [0.25, 0.3) is 10.9 Å². The van der Waals surface area contributed by atoms with Crippen LogP contribution in [0.3, 0.4) is 0 Å². The third kappa shape index (κ3) is 4.25. The third-order valence-electron chi connectivity index (χ3n) is 5.74. The van der Waals surface area contributed by atoms with Gasteiger partial charge in [0.1, 0.15) is 5.75 Å². The summed E-state index contributed by atoms with van der Waals surface area (Å²) in [5.41, 5.74) is 3.65. The summed E-state index contributed by atoms with van der Waals surface area (Å²) in [6, 6.07) is 10.8. The number of sulfonamides is 1. The van der Waals surface area contributed by atoms with Crippen LogP contribution < -0.4 is 9.46 Å². The average molecular weight is 441 g/mol. The molecule has 7 heteroatoms. The smallest absolute Gasteiger partial charge is 0.241 e. The number of aromatic nitrogens is 1. The van der Waals surface area contributed by atoms with Gasteiger partial charge in [0.15, 0.2) is 5.78 Å². The number of fused-ring (bicyclic) bond motifs is 3. The molecular formula is C24H28N2O4S. The van der Waals surface area contributed by atoms with Crippen molar-refractivity contribution < 1.29 is 17.9 Å². The Morgan fingerprint density at radius 3 is 2.52 bits per heavy atom. The number of ether oxygens (including phenoxy) is 1. The van der Waals surface area contributed by atoms with Gasteiger partial charge in [-0.2, -0.15) is 0 Å². The first-order chi connectivity index (χ1) is 14.6. The highest BCUT2D eigenvalue weighted by atomic mass is 32.2. The molecule has 2 N–H and O–H groups in total. The Kier molecular flexibility index (Phi) is 5.43. The minimum absolute atomic E-state index is 0.103. The Labute approximate surface area is 183 Å². The normalized spacial score (nSPS) is 15.8. The van der Waals surface area contributed by atoms with E-state index in [0.29, 0.717) is 29.7 Å². The summed E-state index contributed by atoms with van der Waals surface area (Å²) in [6.45, 7) is 8.59. The summed E-state index contributed by atoms with van der Waals surface area (Å²) in [6.07, 6.45) is 1.26. The fourth-order valence-corrected chi connectivity index (χ4v) is 5.58. The number of Topliss-reactive ketones (excluding diaryl/α,β-unsaturated/α-hetero) is 1. The number of benzene rings is 2. The zero-order valence-electron chi connectivity index (χ0n) is 18.3. The number of carbonyl (C=O) groups excluding carboxylic acids is 1. The van der Waals surface area contributed by atoms with Crippen molar-refractivity contribution in [2.24, 2.45) is 5.41 Å². The quantitative estimate of drug-likeness (QED) is 0.590. The molecule has 1 aliphatic carbocycles. The van der Waals surface area contributed by atoms with Crippen LogP contribution in [0.5, 0.6) is 5.75 Å². The minimum atomic E-state index is -3.72. The molecule has 0 aliphatic heterocycles. The van der Waals surface area contributed by atoms with E-state index >= 15 is 0 Å². The number of carbonyl (C=O) groups is 1. The van der Waals surface area contributed by atoms with E-state index in [1.807, 2.05) is 37.3 Å². The minimum Gasteiger partial charge on any atom is -0.494 e. The van der Waals surface area contributed by atoms with Gasteiger partial charge in [0.25, 0.3) is 0 Å². The molecule has 0 unspecified atom stereocenters. The molecule has 2 aromatic carbocycles. The van der Waals surface area contributed by atoms with Gasteiger partial charge in [-0.05, 0) is 61.1 Å². The highest BCUT2D eigenvalue weighted by molar-refractivity contribution is 7.89. The Hall–Kier alpha value is -2.64. The predicted octanol–water partition coefficient (Wildman–Crippen LogP) is 4.51. The van der Waals surface area contributed by atoms with Crippen LogP contribution in [0, 0.1) is 12.3 Å². The van der Waals surface area contributed by atoms with E-state index in [2.05, 4.69) is 23.6 Å². The molecule has 0 radical (unpaired) electrons. The van der Waals surface area contributed by atoms with Crippen LogP contribution in [-0.2, 0) is 23.0 Å². The first-order valence-corrected chi connectivity index (χ1v) is 12.0. The zero-order valence-corrected chi connectivity index (χ0v) is 19.2. The van der Waals surface area contributed by atoms with E-state index in [4.69, 9.17) is 4.74 Å². The highest BCUT2D eigenvalue weighted by Crippen LogP contribution is 2.39. The van der Waals surface area contributed by atoms with Crippen LogP contribution in [0.15, 0.2) is 41.3 Å². The van der Waals surface area contributed by atoms with Crippen LogP contribution in [0.4, 0.5) is 0 Å². The number of hydrogen-bond donors (Lipinski definition) is 2. The van der Waals surface area contributed by atoms with Gasteiger partial charge in [-0.1, -0.05) is 26.0 Å². The molecule has 4 rings (SSSR count). The summed E-state index contributed by atoms with van der Waals surface area (Å²) >= 11 is 0. The Morgan fingerprint density at radius 2 is 1.84 bits per heavy atom. The lowest BCUT2D eigenvalue weighted by Gasteiger charge is -2.28. The summed E-state index contributed by atoms with van der Waals surface area (Å²) in [4.78, 5) is 16.3. The summed E-state index contributed by atoms with van der Waals surface area (Å²) in [5.74, 6) is 0.866. The molecule has 3 aromatic rings. The molecule has 0 saturated carbocycles. The van der Waals surface area contributed by atoms with Gasteiger partial charge in [0, 0.05) is 35.1 Å². The number of aryl methyl sites for hydroxylation is 1. The molecule has 164 valence electrons. The molecule has 0 spiro atoms. The van der Waals surface area contributed by atoms with Crippen molar-refractivity contribution in [1.82, 2.24) is 9.71 Å². The lowest BCUT2D eigenvalue weighted by Crippen LogP contribution is -2.26. The van der Waals surface area contributed by atoms with Gasteiger partial charge in [0.2, 0.25) is 10.0 Å². The third-order valence-corrected chi connectivity index (χ3v) is 7.28. The van der Waals surface area contributed by atoms with Crippen molar-refractivity contribution in [2.75, 3.05) is 6.61 Å². The number of ketones is 1. The zero-order chi connectivity index (χ0) is 22.4. The fourth-order valence-electron chi connectivity index (χ4n) is 4.32. The molecule has 0 amide bonds. The number of H-pyrrole nitrogens is 1. The maximum absolute atomic E-state index is 13.0. The van der Waals surface area contributed by atoms with Crippen LogP contribution in [0.2, 0.25) is 0 Å². The van der Waals surface area contributed by atoms with E-state index in [9.17, 15) is 13.2 Å². The molecular weight excluding hydrogens is 412 g/mol. The molecule has 1 aromatic heterocycles. The summed E-state index contributed by atoms with van der Waals surface area (Å²) < 4.78 is 34.2. The van der Waals surface area contributed by atoms with Crippen molar-refractivity contribution in [1.29, 1.82) is 0 Å². The van der Waals surface area contributed by atoms with Gasteiger partial charge >= 0.3 is 0 Å². The molecule has 1 aliphatic rings. The standard InChI is InChI=1S/C24H28N2O4S/c1-5-30-17-8-6-16(7-9-17)14-25-31(28,29)22-11-19-18(10-15(22)2)23-20(26-19)12-24(3,4)13-21(23)27/h6-11,25-26H,5,12-14H2,1-4H3. The second kappa shape index (κ2) is 7.80. The monoisotopic (exact) mass is 440 g/mol. The maximum atomic E-state index is 13.0. The highest BCUT2D eigenvalue weighted by Gasteiger charge is 2.34. The summed E-state index contributed by atoms with van der Waals surface area (Å²) in [7, 11) is -3.72. The van der Waals surface area contributed by atoms with E-state index in [1.54, 1.807) is 13.0 Å². The molecule has 1 heterocycles. The SMILES string of the molecule is CCOc1ccc(CNS(=O)(=O)c2cc3[nH]c4c(c3cc2C)C(=O)CC(C)(C)C4)cc1. The molecule has 0 fully saturated rings. The van der Waals surface area contributed by atoms with Crippen molar-refractivity contribution >= 4 is 26.7 Å². The van der Waals surface area contributed by atoms with Gasteiger partial charge < -0.3 is 9.72 Å². The lowest BCUT2D eigenvalue weighted by atomic mass is 9.76.